The second kappa shape index (κ2) is 12.4. The first-order valence-corrected chi connectivity index (χ1v) is 15.9. The van der Waals surface area contributed by atoms with Crippen molar-refractivity contribution >= 4 is 40.4 Å². The fraction of sp³-hybridized carbons (Fsp3) is 0.471. The van der Waals surface area contributed by atoms with Gasteiger partial charge in [-0.1, -0.05) is 60.4 Å². The second-order valence-corrected chi connectivity index (χ2v) is 13.1. The predicted octanol–water partition coefficient (Wildman–Crippen LogP) is 7.98. The molecule has 2 fully saturated rings. The summed E-state index contributed by atoms with van der Waals surface area (Å²) >= 11 is 13.1. The van der Waals surface area contributed by atoms with Crippen molar-refractivity contribution in [3.8, 4) is 11.3 Å². The van der Waals surface area contributed by atoms with Crippen LogP contribution in [0.25, 0.3) is 16.8 Å². The summed E-state index contributed by atoms with van der Waals surface area (Å²) in [5.74, 6) is 2.21. The van der Waals surface area contributed by atoms with Crippen LogP contribution in [-0.4, -0.2) is 55.9 Å². The minimum atomic E-state index is -0.252. The van der Waals surface area contributed by atoms with Gasteiger partial charge in [0.1, 0.15) is 11.5 Å². The number of methoxy groups -OCH3 is 1. The third kappa shape index (κ3) is 5.99. The first-order chi connectivity index (χ1) is 20.3. The fourth-order valence-corrected chi connectivity index (χ4v) is 7.15. The van der Waals surface area contributed by atoms with Crippen molar-refractivity contribution in [3.63, 3.8) is 0 Å². The Hall–Kier alpha value is -2.80. The molecule has 2 heterocycles. The van der Waals surface area contributed by atoms with Crippen molar-refractivity contribution in [2.75, 3.05) is 44.7 Å². The molecule has 1 aliphatic heterocycles. The van der Waals surface area contributed by atoms with E-state index in [0.29, 0.717) is 33.4 Å². The number of allylic oxidation sites excluding steroid dienone is 1. The lowest BCUT2D eigenvalue weighted by Crippen LogP contribution is -2.47. The van der Waals surface area contributed by atoms with Crippen LogP contribution < -0.4 is 4.90 Å². The molecule has 222 valence electrons. The van der Waals surface area contributed by atoms with Gasteiger partial charge in [-0.2, -0.15) is 0 Å². The number of anilines is 1. The number of halogens is 2. The summed E-state index contributed by atoms with van der Waals surface area (Å²) in [4.78, 5) is 17.5. The first kappa shape index (κ1) is 29.3. The highest BCUT2D eigenvalue weighted by molar-refractivity contribution is 6.39. The zero-order valence-electron chi connectivity index (χ0n) is 24.7. The van der Waals surface area contributed by atoms with Crippen molar-refractivity contribution in [3.05, 3.63) is 75.0 Å². The molecule has 8 heteroatoms. The predicted molar refractivity (Wildman–Crippen MR) is 170 cm³/mol. The van der Waals surface area contributed by atoms with E-state index < -0.39 is 0 Å². The van der Waals surface area contributed by atoms with Crippen molar-refractivity contribution in [1.29, 1.82) is 0 Å². The van der Waals surface area contributed by atoms with Gasteiger partial charge < -0.3 is 14.2 Å². The molecule has 1 saturated heterocycles. The van der Waals surface area contributed by atoms with E-state index >= 15 is 0 Å². The zero-order valence-corrected chi connectivity index (χ0v) is 26.2. The summed E-state index contributed by atoms with van der Waals surface area (Å²) in [6.07, 6.45) is 7.18. The summed E-state index contributed by atoms with van der Waals surface area (Å²) in [5.41, 5.74) is 6.93. The molecule has 1 aromatic heterocycles. The third-order valence-electron chi connectivity index (χ3n) is 8.91. The molecule has 0 N–H and O–H groups in total. The van der Waals surface area contributed by atoms with Gasteiger partial charge in [-0.3, -0.25) is 4.90 Å². The molecule has 2 aliphatic carbocycles. The third-order valence-corrected chi connectivity index (χ3v) is 9.54. The van der Waals surface area contributed by atoms with Crippen LogP contribution in [0.1, 0.15) is 73.8 Å². The maximum absolute atomic E-state index is 12.5. The van der Waals surface area contributed by atoms with E-state index in [-0.39, 0.29) is 5.97 Å². The number of benzene rings is 2. The normalized spacial score (nSPS) is 19.1. The maximum atomic E-state index is 12.5. The van der Waals surface area contributed by atoms with E-state index in [2.05, 4.69) is 53.1 Å². The van der Waals surface area contributed by atoms with E-state index in [1.54, 1.807) is 0 Å². The highest BCUT2D eigenvalue weighted by Gasteiger charge is 2.34. The lowest BCUT2D eigenvalue weighted by atomic mass is 9.78. The summed E-state index contributed by atoms with van der Waals surface area (Å²) in [5, 5.41) is 5.66. The van der Waals surface area contributed by atoms with E-state index in [9.17, 15) is 4.79 Å². The van der Waals surface area contributed by atoms with Gasteiger partial charge in [0, 0.05) is 55.5 Å². The highest BCUT2D eigenvalue weighted by atomic mass is 35.5. The molecule has 1 saturated carbocycles. The Morgan fingerprint density at radius 3 is 2.50 bits per heavy atom. The highest BCUT2D eigenvalue weighted by Crippen LogP contribution is 2.46. The van der Waals surface area contributed by atoms with Gasteiger partial charge in [0.15, 0.2) is 0 Å². The number of carbonyl (C=O) groups excluding carboxylic acids is 1. The molecule has 2 aromatic carbocycles. The molecular formula is C34H39Cl2N3O3. The number of piperazine rings is 1. The smallest absolute Gasteiger partial charge is 0.338 e. The molecule has 6 nitrogen and oxygen atoms in total. The summed E-state index contributed by atoms with van der Waals surface area (Å²) in [7, 11) is 1.46. The maximum Gasteiger partial charge on any atom is 0.338 e. The molecule has 6 rings (SSSR count). The van der Waals surface area contributed by atoms with E-state index in [4.69, 9.17) is 32.5 Å². The SMILES string of the molecule is COC(=O)C1=CC[C@@H](CC(C)C)c2cc(N3CCN(CCc4c(-c5c(Cl)cccc5Cl)noc4C4CC4)CC3)ccc21. The lowest BCUT2D eigenvalue weighted by molar-refractivity contribution is -0.133. The zero-order chi connectivity index (χ0) is 29.4. The molecule has 3 aromatic rings. The van der Waals surface area contributed by atoms with Crippen LogP contribution in [0.5, 0.6) is 0 Å². The molecular weight excluding hydrogens is 569 g/mol. The summed E-state index contributed by atoms with van der Waals surface area (Å²) in [6, 6.07) is 12.2. The molecule has 0 unspecified atom stereocenters. The second-order valence-electron chi connectivity index (χ2n) is 12.3. The van der Waals surface area contributed by atoms with Crippen molar-refractivity contribution in [2.24, 2.45) is 5.92 Å². The Kier molecular flexibility index (Phi) is 8.67. The number of fused-ring (bicyclic) bond motifs is 1. The van der Waals surface area contributed by atoms with Crippen LogP contribution in [0, 0.1) is 5.92 Å². The van der Waals surface area contributed by atoms with Crippen molar-refractivity contribution in [1.82, 2.24) is 10.1 Å². The van der Waals surface area contributed by atoms with Crippen LogP contribution in [0.15, 0.2) is 47.0 Å². The first-order valence-electron chi connectivity index (χ1n) is 15.2. The average Bonchev–Trinajstić information content (AvgIpc) is 3.75. The molecule has 0 bridgehead atoms. The lowest BCUT2D eigenvalue weighted by Gasteiger charge is -2.37. The minimum absolute atomic E-state index is 0.252. The largest absolute Gasteiger partial charge is 0.465 e. The van der Waals surface area contributed by atoms with Crippen LogP contribution in [0.3, 0.4) is 0 Å². The van der Waals surface area contributed by atoms with E-state index in [1.807, 2.05) is 18.2 Å². The van der Waals surface area contributed by atoms with Crippen LogP contribution >= 0.6 is 23.2 Å². The number of rotatable bonds is 9. The number of hydrogen-bond acceptors (Lipinski definition) is 6. The number of hydrogen-bond donors (Lipinski definition) is 0. The Bertz CT molecular complexity index is 1460. The van der Waals surface area contributed by atoms with Gasteiger partial charge in [0.2, 0.25) is 0 Å². The Morgan fingerprint density at radius 1 is 1.10 bits per heavy atom. The standard InChI is InChI=1S/C34H39Cl2N3O3/c1-21(2)19-23-9-11-26(34(40)41-3)25-12-10-24(20-28(23)25)39-17-15-38(16-18-39)14-13-27-32(37-42-33(27)22-7-8-22)31-29(35)5-4-6-30(31)36/h4-6,10-12,20-23H,7-9,13-19H2,1-3H3/t23-/m0/s1. The fourth-order valence-electron chi connectivity index (χ4n) is 6.57. The monoisotopic (exact) mass is 607 g/mol. The summed E-state index contributed by atoms with van der Waals surface area (Å²) < 4.78 is 11.0. The number of carbonyl (C=O) groups is 1. The number of nitrogens with zero attached hydrogens (tertiary/aromatic N) is 3. The Balaban J connectivity index is 1.15. The molecule has 3 aliphatic rings. The minimum Gasteiger partial charge on any atom is -0.465 e. The number of esters is 1. The summed E-state index contributed by atoms with van der Waals surface area (Å²) in [6.45, 7) is 9.32. The van der Waals surface area contributed by atoms with E-state index in [0.717, 1.165) is 93.0 Å². The quantitative estimate of drug-likeness (QED) is 0.230. The molecule has 0 radical (unpaired) electrons. The van der Waals surface area contributed by atoms with Gasteiger partial charge in [0.05, 0.1) is 22.7 Å². The Labute approximate surface area is 258 Å². The molecule has 42 heavy (non-hydrogen) atoms. The Morgan fingerprint density at radius 2 is 1.83 bits per heavy atom. The average molecular weight is 609 g/mol. The van der Waals surface area contributed by atoms with Gasteiger partial charge in [-0.05, 0) is 79.3 Å². The van der Waals surface area contributed by atoms with Crippen LogP contribution in [-0.2, 0) is 16.0 Å². The molecule has 0 spiro atoms. The van der Waals surface area contributed by atoms with Crippen molar-refractivity contribution < 1.29 is 14.1 Å². The van der Waals surface area contributed by atoms with Gasteiger partial charge >= 0.3 is 5.97 Å². The number of aromatic nitrogens is 1. The number of ether oxygens (including phenoxy) is 1. The van der Waals surface area contributed by atoms with Crippen LogP contribution in [0.4, 0.5) is 5.69 Å². The topological polar surface area (TPSA) is 58.8 Å². The van der Waals surface area contributed by atoms with Gasteiger partial charge in [-0.25, -0.2) is 4.79 Å². The van der Waals surface area contributed by atoms with E-state index in [1.165, 1.54) is 18.4 Å². The van der Waals surface area contributed by atoms with Crippen molar-refractivity contribution in [2.45, 2.75) is 57.8 Å². The van der Waals surface area contributed by atoms with Gasteiger partial charge in [0.25, 0.3) is 0 Å². The molecule has 0 amide bonds. The molecule has 1 atom stereocenters. The van der Waals surface area contributed by atoms with Gasteiger partial charge in [-0.15, -0.1) is 0 Å². The van der Waals surface area contributed by atoms with Crippen LogP contribution in [0.2, 0.25) is 10.0 Å².